The Bertz CT molecular complexity index is 3840. The van der Waals surface area contributed by atoms with Crippen molar-refractivity contribution in [1.82, 2.24) is 28.2 Å². The summed E-state index contributed by atoms with van der Waals surface area (Å²) in [7, 11) is 0. The second-order valence-corrected chi connectivity index (χ2v) is 16.5. The van der Waals surface area contributed by atoms with Gasteiger partial charge in [0.15, 0.2) is 0 Å². The highest BCUT2D eigenvalue weighted by Gasteiger charge is 2.22. The molecule has 0 bridgehead atoms. The quantitative estimate of drug-likeness (QED) is 0.174. The van der Waals surface area contributed by atoms with Gasteiger partial charge < -0.3 is 9.13 Å². The molecular formula is C58H36N6. The van der Waals surface area contributed by atoms with Crippen LogP contribution in [0.25, 0.3) is 122 Å². The molecule has 6 heterocycles. The lowest BCUT2D eigenvalue weighted by molar-refractivity contribution is 1.05. The van der Waals surface area contributed by atoms with Crippen LogP contribution < -0.4 is 0 Å². The predicted octanol–water partition coefficient (Wildman–Crippen LogP) is 14.5. The number of hydrogen-bond donors (Lipinski definition) is 0. The topological polar surface area (TPSA) is 45.5 Å². The number of pyridine rings is 2. The number of para-hydroxylation sites is 6. The molecule has 0 aliphatic carbocycles. The molecule has 0 spiro atoms. The van der Waals surface area contributed by atoms with Crippen LogP contribution in [0.5, 0.6) is 0 Å². The van der Waals surface area contributed by atoms with Gasteiger partial charge in [0, 0.05) is 43.1 Å². The molecule has 8 aromatic carbocycles. The van der Waals surface area contributed by atoms with E-state index in [-0.39, 0.29) is 0 Å². The van der Waals surface area contributed by atoms with Crippen molar-refractivity contribution in [3.05, 3.63) is 218 Å². The second-order valence-electron chi connectivity index (χ2n) is 16.5. The van der Waals surface area contributed by atoms with E-state index in [0.717, 1.165) is 56.5 Å². The fourth-order valence-corrected chi connectivity index (χ4v) is 10.6. The fraction of sp³-hybridized carbons (Fsp3) is 0. The lowest BCUT2D eigenvalue weighted by atomic mass is 10.1. The zero-order chi connectivity index (χ0) is 41.9. The van der Waals surface area contributed by atoms with Gasteiger partial charge in [-0.15, -0.1) is 0 Å². The number of aromatic nitrogens is 6. The Morgan fingerprint density at radius 1 is 0.219 bits per heavy atom. The Morgan fingerprint density at radius 2 is 0.500 bits per heavy atom. The first kappa shape index (κ1) is 34.9. The van der Waals surface area contributed by atoms with Crippen molar-refractivity contribution in [1.29, 1.82) is 0 Å². The molecule has 0 unspecified atom stereocenters. The second kappa shape index (κ2) is 13.4. The molecule has 6 heteroatoms. The van der Waals surface area contributed by atoms with E-state index in [4.69, 9.17) is 9.97 Å². The Hall–Kier alpha value is -8.74. The summed E-state index contributed by atoms with van der Waals surface area (Å²) in [5.41, 5.74) is 13.0. The molecule has 6 aromatic heterocycles. The van der Waals surface area contributed by atoms with Crippen LogP contribution in [0, 0.1) is 0 Å². The van der Waals surface area contributed by atoms with Gasteiger partial charge in [0.25, 0.3) is 0 Å². The van der Waals surface area contributed by atoms with Crippen molar-refractivity contribution in [2.45, 2.75) is 0 Å². The molecule has 6 nitrogen and oxygen atoms in total. The average molecular weight is 817 g/mol. The molecule has 0 atom stereocenters. The third-order valence-electron chi connectivity index (χ3n) is 13.2. The highest BCUT2D eigenvalue weighted by molar-refractivity contribution is 6.18. The first-order valence-electron chi connectivity index (χ1n) is 21.8. The molecule has 0 fully saturated rings. The van der Waals surface area contributed by atoms with Crippen LogP contribution in [0.3, 0.4) is 0 Å². The molecule has 0 saturated heterocycles. The fourth-order valence-electron chi connectivity index (χ4n) is 10.6. The Kier molecular flexibility index (Phi) is 7.30. The minimum Gasteiger partial charge on any atom is -0.309 e. The molecule has 64 heavy (non-hydrogen) atoms. The van der Waals surface area contributed by atoms with E-state index in [1.807, 2.05) is 0 Å². The highest BCUT2D eigenvalue weighted by Crippen LogP contribution is 2.42. The van der Waals surface area contributed by atoms with E-state index in [1.54, 1.807) is 0 Å². The van der Waals surface area contributed by atoms with Crippen LogP contribution in [0.2, 0.25) is 0 Å². The third-order valence-corrected chi connectivity index (χ3v) is 13.2. The number of hydrogen-bond acceptors (Lipinski definition) is 2. The van der Waals surface area contributed by atoms with Crippen molar-refractivity contribution >= 4 is 87.2 Å². The summed E-state index contributed by atoms with van der Waals surface area (Å²) in [4.78, 5) is 10.8. The van der Waals surface area contributed by atoms with Crippen LogP contribution in [0.4, 0.5) is 0 Å². The minimum absolute atomic E-state index is 0.801. The smallest absolute Gasteiger partial charge is 0.138 e. The van der Waals surface area contributed by atoms with Crippen LogP contribution in [-0.2, 0) is 0 Å². The maximum atomic E-state index is 5.41. The largest absolute Gasteiger partial charge is 0.309 e. The van der Waals surface area contributed by atoms with E-state index in [2.05, 4.69) is 237 Å². The van der Waals surface area contributed by atoms with E-state index in [9.17, 15) is 0 Å². The summed E-state index contributed by atoms with van der Waals surface area (Å²) >= 11 is 0. The zero-order valence-corrected chi connectivity index (χ0v) is 34.5. The lowest BCUT2D eigenvalue weighted by Gasteiger charge is -2.12. The van der Waals surface area contributed by atoms with Crippen molar-refractivity contribution < 1.29 is 0 Å². The molecule has 0 aliphatic heterocycles. The maximum Gasteiger partial charge on any atom is 0.138 e. The summed E-state index contributed by atoms with van der Waals surface area (Å²) < 4.78 is 9.45. The molecule has 0 radical (unpaired) electrons. The molecule has 0 amide bonds. The van der Waals surface area contributed by atoms with Gasteiger partial charge in [-0.05, 0) is 84.9 Å². The molecule has 0 N–H and O–H groups in total. The van der Waals surface area contributed by atoms with Gasteiger partial charge in [-0.3, -0.25) is 9.13 Å². The van der Waals surface area contributed by atoms with E-state index in [1.165, 1.54) is 65.2 Å². The first-order chi connectivity index (χ1) is 31.8. The number of rotatable bonds is 5. The standard InChI is InChI=1S/C58H36N6/c1-7-25-45-37(17-1)38-18-2-8-26-46(38)61(45)51-31-15-33-53-57(51)41-21-5-11-29-49(41)63(53)55-35-13-23-43(59-55)44-24-14-36-56(60-44)64-50-30-12-6-22-42(50)58-52(32-16-34-54(58)64)62-47-27-9-3-19-39(47)40-20-4-10-28-48(40)62/h1-36H. The Balaban J connectivity index is 0.944. The molecule has 14 aromatic rings. The molecular weight excluding hydrogens is 781 g/mol. The number of fused-ring (bicyclic) bond motifs is 12. The van der Waals surface area contributed by atoms with Crippen molar-refractivity contribution in [2.24, 2.45) is 0 Å². The summed E-state index contributed by atoms with van der Waals surface area (Å²) in [6, 6.07) is 78.0. The highest BCUT2D eigenvalue weighted by atomic mass is 15.1. The molecule has 0 aliphatic rings. The van der Waals surface area contributed by atoms with Crippen molar-refractivity contribution in [3.63, 3.8) is 0 Å². The van der Waals surface area contributed by atoms with Gasteiger partial charge in [0.2, 0.25) is 0 Å². The lowest BCUT2D eigenvalue weighted by Crippen LogP contribution is -2.02. The van der Waals surface area contributed by atoms with Crippen molar-refractivity contribution in [2.75, 3.05) is 0 Å². The van der Waals surface area contributed by atoms with Gasteiger partial charge in [0.05, 0.1) is 66.9 Å². The van der Waals surface area contributed by atoms with Crippen LogP contribution in [0.15, 0.2) is 218 Å². The Labute approximate surface area is 366 Å². The molecule has 298 valence electrons. The third kappa shape index (κ3) is 4.85. The monoisotopic (exact) mass is 816 g/mol. The SMILES string of the molecule is c1cc(-c2cccc(-n3c4ccccc4c4c(-n5c6ccccc6c6ccccc65)cccc43)n2)nc(-n2c3ccccc3c3c(-n4c5ccccc5c5ccccc54)cccc32)c1. The van der Waals surface area contributed by atoms with E-state index < -0.39 is 0 Å². The maximum absolute atomic E-state index is 5.41. The zero-order valence-electron chi connectivity index (χ0n) is 34.5. The number of nitrogens with zero attached hydrogens (tertiary/aromatic N) is 6. The van der Waals surface area contributed by atoms with Gasteiger partial charge in [-0.25, -0.2) is 9.97 Å². The van der Waals surface area contributed by atoms with Crippen LogP contribution in [-0.4, -0.2) is 28.2 Å². The van der Waals surface area contributed by atoms with E-state index >= 15 is 0 Å². The Morgan fingerprint density at radius 3 is 0.859 bits per heavy atom. The van der Waals surface area contributed by atoms with Gasteiger partial charge in [-0.1, -0.05) is 133 Å². The first-order valence-corrected chi connectivity index (χ1v) is 21.8. The minimum atomic E-state index is 0.801. The molecule has 0 saturated carbocycles. The van der Waals surface area contributed by atoms with Crippen LogP contribution in [0.1, 0.15) is 0 Å². The van der Waals surface area contributed by atoms with E-state index in [0.29, 0.717) is 0 Å². The number of benzene rings is 8. The predicted molar refractivity (Wildman–Crippen MR) is 265 cm³/mol. The summed E-state index contributed by atoms with van der Waals surface area (Å²) in [5, 5.41) is 9.69. The summed E-state index contributed by atoms with van der Waals surface area (Å²) in [6.45, 7) is 0. The van der Waals surface area contributed by atoms with Crippen molar-refractivity contribution in [3.8, 4) is 34.4 Å². The molecule has 14 rings (SSSR count). The van der Waals surface area contributed by atoms with Gasteiger partial charge >= 0.3 is 0 Å². The normalized spacial score (nSPS) is 12.1. The van der Waals surface area contributed by atoms with Gasteiger partial charge in [-0.2, -0.15) is 0 Å². The summed E-state index contributed by atoms with van der Waals surface area (Å²) in [6.07, 6.45) is 0. The average Bonchev–Trinajstić information content (AvgIpc) is 4.09. The van der Waals surface area contributed by atoms with Crippen LogP contribution >= 0.6 is 0 Å². The summed E-state index contributed by atoms with van der Waals surface area (Å²) in [5.74, 6) is 1.67. The van der Waals surface area contributed by atoms with Gasteiger partial charge in [0.1, 0.15) is 11.6 Å².